The summed E-state index contributed by atoms with van der Waals surface area (Å²) in [6.45, 7) is 6.48. The summed E-state index contributed by atoms with van der Waals surface area (Å²) < 4.78 is 0. The van der Waals surface area contributed by atoms with Crippen molar-refractivity contribution >= 4 is 22.8 Å². The number of carbonyl (C=O) groups excluding carboxylic acids is 1. The predicted molar refractivity (Wildman–Crippen MR) is 115 cm³/mol. The normalized spacial score (nSPS) is 14.1. The molecule has 0 unspecified atom stereocenters. The first kappa shape index (κ1) is 19.3. The van der Waals surface area contributed by atoms with Crippen LogP contribution >= 0.6 is 0 Å². The van der Waals surface area contributed by atoms with E-state index >= 15 is 0 Å². The average molecular weight is 390 g/mol. The molecule has 7 heteroatoms. The van der Waals surface area contributed by atoms with Gasteiger partial charge in [-0.05, 0) is 68.5 Å². The number of fused-ring (bicyclic) bond motifs is 1. The van der Waals surface area contributed by atoms with E-state index in [1.54, 1.807) is 12.4 Å². The van der Waals surface area contributed by atoms with E-state index in [1.165, 1.54) is 0 Å². The van der Waals surface area contributed by atoms with Crippen LogP contribution in [0, 0.1) is 6.92 Å². The van der Waals surface area contributed by atoms with Gasteiger partial charge < -0.3 is 16.4 Å². The number of nitrogens with one attached hydrogen (secondary N) is 2. The van der Waals surface area contributed by atoms with Crippen molar-refractivity contribution in [3.8, 4) is 11.1 Å². The maximum Gasteiger partial charge on any atom is 0.270 e. The van der Waals surface area contributed by atoms with Crippen LogP contribution in [0.15, 0.2) is 36.7 Å². The number of hydrogen-bond acceptors (Lipinski definition) is 6. The molecule has 1 aliphatic rings. The van der Waals surface area contributed by atoms with Crippen LogP contribution in [0.2, 0.25) is 0 Å². The standard InChI is InChI=1S/C22H26N6O/c1-13-10-24-19(20(29)26-16-5-6-16)9-17(13)14-4-7-18-15(8-14)11-25-21(27-18)28-22(2,3)12-23/h4,7-11,16H,5-6,12,23H2,1-3H3,(H,26,29)(H,25,27,28). The Morgan fingerprint density at radius 2 is 2.00 bits per heavy atom. The van der Waals surface area contributed by atoms with Gasteiger partial charge in [0.1, 0.15) is 5.69 Å². The van der Waals surface area contributed by atoms with Gasteiger partial charge in [0.2, 0.25) is 5.95 Å². The van der Waals surface area contributed by atoms with Gasteiger partial charge in [-0.25, -0.2) is 9.97 Å². The molecule has 2 heterocycles. The van der Waals surface area contributed by atoms with E-state index in [0.717, 1.165) is 40.4 Å². The highest BCUT2D eigenvalue weighted by molar-refractivity contribution is 5.94. The van der Waals surface area contributed by atoms with Gasteiger partial charge in [-0.2, -0.15) is 0 Å². The van der Waals surface area contributed by atoms with E-state index in [9.17, 15) is 4.79 Å². The highest BCUT2D eigenvalue weighted by atomic mass is 16.2. The molecule has 2 aromatic heterocycles. The first-order valence-electron chi connectivity index (χ1n) is 9.87. The first-order chi connectivity index (χ1) is 13.8. The van der Waals surface area contributed by atoms with Crippen molar-refractivity contribution in [3.63, 3.8) is 0 Å². The smallest absolute Gasteiger partial charge is 0.270 e. The number of hydrogen-bond donors (Lipinski definition) is 3. The van der Waals surface area contributed by atoms with Crippen molar-refractivity contribution in [2.75, 3.05) is 11.9 Å². The molecule has 1 aromatic carbocycles. The Balaban J connectivity index is 1.64. The summed E-state index contributed by atoms with van der Waals surface area (Å²) in [5.41, 5.74) is 9.78. The van der Waals surface area contributed by atoms with Crippen LogP contribution in [0.5, 0.6) is 0 Å². The molecule has 0 bridgehead atoms. The highest BCUT2D eigenvalue weighted by Crippen LogP contribution is 2.27. The lowest BCUT2D eigenvalue weighted by molar-refractivity contribution is 0.0946. The van der Waals surface area contributed by atoms with Crippen molar-refractivity contribution in [1.29, 1.82) is 0 Å². The van der Waals surface area contributed by atoms with Crippen molar-refractivity contribution in [3.05, 3.63) is 47.9 Å². The molecule has 0 radical (unpaired) electrons. The number of nitrogens with two attached hydrogens (primary N) is 1. The second kappa shape index (κ2) is 7.40. The summed E-state index contributed by atoms with van der Waals surface area (Å²) in [6, 6.07) is 8.18. The van der Waals surface area contributed by atoms with Gasteiger partial charge in [0, 0.05) is 35.9 Å². The summed E-state index contributed by atoms with van der Waals surface area (Å²) in [5, 5.41) is 7.18. The van der Waals surface area contributed by atoms with E-state index in [1.807, 2.05) is 45.0 Å². The van der Waals surface area contributed by atoms with Gasteiger partial charge in [-0.3, -0.25) is 9.78 Å². The van der Waals surface area contributed by atoms with E-state index in [4.69, 9.17) is 5.73 Å². The fourth-order valence-electron chi connectivity index (χ4n) is 3.06. The molecule has 29 heavy (non-hydrogen) atoms. The van der Waals surface area contributed by atoms with Crippen LogP contribution in [-0.4, -0.2) is 39.0 Å². The Labute approximate surface area is 170 Å². The zero-order chi connectivity index (χ0) is 20.6. The quantitative estimate of drug-likeness (QED) is 0.597. The molecule has 4 rings (SSSR count). The van der Waals surface area contributed by atoms with Gasteiger partial charge in [0.05, 0.1) is 5.52 Å². The van der Waals surface area contributed by atoms with Gasteiger partial charge >= 0.3 is 0 Å². The number of benzene rings is 1. The Hall–Kier alpha value is -3.06. The minimum Gasteiger partial charge on any atom is -0.348 e. The fourth-order valence-corrected chi connectivity index (χ4v) is 3.06. The molecular weight excluding hydrogens is 364 g/mol. The SMILES string of the molecule is Cc1cnc(C(=O)NC2CC2)cc1-c1ccc2nc(NC(C)(C)CN)ncc2c1. The molecule has 1 fully saturated rings. The number of amides is 1. The molecule has 0 atom stereocenters. The highest BCUT2D eigenvalue weighted by Gasteiger charge is 2.24. The van der Waals surface area contributed by atoms with Crippen LogP contribution in [0.4, 0.5) is 5.95 Å². The minimum atomic E-state index is -0.279. The summed E-state index contributed by atoms with van der Waals surface area (Å²) in [4.78, 5) is 25.7. The summed E-state index contributed by atoms with van der Waals surface area (Å²) in [5.74, 6) is 0.441. The van der Waals surface area contributed by atoms with E-state index < -0.39 is 0 Å². The van der Waals surface area contributed by atoms with Gasteiger partial charge in [0.25, 0.3) is 5.91 Å². The van der Waals surface area contributed by atoms with E-state index in [2.05, 4.69) is 25.6 Å². The van der Waals surface area contributed by atoms with Crippen molar-refractivity contribution < 1.29 is 4.79 Å². The number of aryl methyl sites for hydroxylation is 1. The van der Waals surface area contributed by atoms with Crippen LogP contribution in [-0.2, 0) is 0 Å². The lowest BCUT2D eigenvalue weighted by Crippen LogP contribution is -2.39. The lowest BCUT2D eigenvalue weighted by atomic mass is 10.00. The topological polar surface area (TPSA) is 106 Å². The number of aromatic nitrogens is 3. The Bertz CT molecular complexity index is 1070. The third-order valence-electron chi connectivity index (χ3n) is 5.10. The second-order valence-electron chi connectivity index (χ2n) is 8.31. The monoisotopic (exact) mass is 390 g/mol. The fraction of sp³-hybridized carbons (Fsp3) is 0.364. The van der Waals surface area contributed by atoms with Crippen molar-refractivity contribution in [2.24, 2.45) is 5.73 Å². The van der Waals surface area contributed by atoms with E-state index in [-0.39, 0.29) is 11.4 Å². The summed E-state index contributed by atoms with van der Waals surface area (Å²) >= 11 is 0. The molecule has 0 aliphatic heterocycles. The summed E-state index contributed by atoms with van der Waals surface area (Å²) in [7, 11) is 0. The zero-order valence-corrected chi connectivity index (χ0v) is 17.0. The predicted octanol–water partition coefficient (Wildman–Crippen LogP) is 3.04. The number of carbonyl (C=O) groups is 1. The zero-order valence-electron chi connectivity index (χ0n) is 17.0. The maximum atomic E-state index is 12.4. The number of nitrogens with zero attached hydrogens (tertiary/aromatic N) is 3. The minimum absolute atomic E-state index is 0.115. The lowest BCUT2D eigenvalue weighted by Gasteiger charge is -2.24. The molecule has 1 amide bonds. The second-order valence-corrected chi connectivity index (χ2v) is 8.31. The first-order valence-corrected chi connectivity index (χ1v) is 9.87. The third kappa shape index (κ3) is 4.35. The molecule has 1 aliphatic carbocycles. The molecule has 0 spiro atoms. The van der Waals surface area contributed by atoms with Crippen LogP contribution in [0.3, 0.4) is 0 Å². The molecule has 3 aromatic rings. The van der Waals surface area contributed by atoms with Gasteiger partial charge in [-0.1, -0.05) is 6.07 Å². The molecule has 1 saturated carbocycles. The van der Waals surface area contributed by atoms with Gasteiger partial charge in [-0.15, -0.1) is 0 Å². The van der Waals surface area contributed by atoms with Crippen molar-refractivity contribution in [2.45, 2.75) is 45.2 Å². The largest absolute Gasteiger partial charge is 0.348 e. The van der Waals surface area contributed by atoms with Crippen LogP contribution in [0.25, 0.3) is 22.0 Å². The third-order valence-corrected chi connectivity index (χ3v) is 5.10. The molecule has 7 nitrogen and oxygen atoms in total. The Morgan fingerprint density at radius 1 is 1.21 bits per heavy atom. The summed E-state index contributed by atoms with van der Waals surface area (Å²) in [6.07, 6.45) is 5.65. The average Bonchev–Trinajstić information content (AvgIpc) is 3.51. The van der Waals surface area contributed by atoms with Crippen LogP contribution < -0.4 is 16.4 Å². The number of pyridine rings is 1. The number of anilines is 1. The van der Waals surface area contributed by atoms with E-state index in [0.29, 0.717) is 24.2 Å². The molecule has 0 saturated heterocycles. The van der Waals surface area contributed by atoms with Gasteiger partial charge in [0.15, 0.2) is 0 Å². The number of rotatable bonds is 6. The molecule has 4 N–H and O–H groups in total. The van der Waals surface area contributed by atoms with Crippen LogP contribution in [0.1, 0.15) is 42.7 Å². The molecule has 150 valence electrons. The maximum absolute atomic E-state index is 12.4. The molecular formula is C22H26N6O. The Kier molecular flexibility index (Phi) is 4.92. The van der Waals surface area contributed by atoms with Crippen molar-refractivity contribution in [1.82, 2.24) is 20.3 Å². The Morgan fingerprint density at radius 3 is 2.72 bits per heavy atom.